The molecule has 0 aliphatic carbocycles. The van der Waals surface area contributed by atoms with E-state index in [0.717, 1.165) is 4.68 Å². The maximum Gasteiger partial charge on any atom is 0.362 e. The molecule has 0 aliphatic rings. The van der Waals surface area contributed by atoms with Crippen LogP contribution in [0.3, 0.4) is 0 Å². The molecule has 0 fully saturated rings. The lowest BCUT2D eigenvalue weighted by molar-refractivity contribution is -0.124. The zero-order valence-electron chi connectivity index (χ0n) is 7.79. The van der Waals surface area contributed by atoms with Gasteiger partial charge in [-0.25, -0.2) is 9.89 Å². The van der Waals surface area contributed by atoms with Gasteiger partial charge >= 0.3 is 5.69 Å². The van der Waals surface area contributed by atoms with Crippen LogP contribution in [0, 0.1) is 5.41 Å². The normalized spacial score (nSPS) is 11.3. The summed E-state index contributed by atoms with van der Waals surface area (Å²) in [4.78, 5) is 22.3. The van der Waals surface area contributed by atoms with Crippen molar-refractivity contribution in [2.24, 2.45) is 5.41 Å². The second kappa shape index (κ2) is 3.04. The van der Waals surface area contributed by atoms with E-state index < -0.39 is 11.1 Å². The van der Waals surface area contributed by atoms with E-state index in [1.54, 1.807) is 20.8 Å². The van der Waals surface area contributed by atoms with E-state index in [0.29, 0.717) is 0 Å². The molecule has 0 radical (unpaired) electrons. The molecule has 0 atom stereocenters. The SMILES string of the molecule is CC(C)(C)C(=O)Nn1cn[nH]c1=O. The maximum absolute atomic E-state index is 11.4. The van der Waals surface area contributed by atoms with Crippen molar-refractivity contribution >= 4 is 5.91 Å². The molecule has 72 valence electrons. The number of rotatable bonds is 1. The van der Waals surface area contributed by atoms with Gasteiger partial charge in [0.25, 0.3) is 0 Å². The summed E-state index contributed by atoms with van der Waals surface area (Å²) < 4.78 is 1.01. The van der Waals surface area contributed by atoms with Gasteiger partial charge in [-0.2, -0.15) is 9.77 Å². The van der Waals surface area contributed by atoms with E-state index in [-0.39, 0.29) is 5.91 Å². The fourth-order valence-corrected chi connectivity index (χ4v) is 0.605. The van der Waals surface area contributed by atoms with Gasteiger partial charge in [-0.1, -0.05) is 20.8 Å². The lowest BCUT2D eigenvalue weighted by Gasteiger charge is -2.16. The number of H-pyrrole nitrogens is 1. The Hall–Kier alpha value is -1.59. The second-order valence-corrected chi connectivity index (χ2v) is 3.72. The minimum absolute atomic E-state index is 0.240. The van der Waals surface area contributed by atoms with E-state index in [4.69, 9.17) is 0 Å². The van der Waals surface area contributed by atoms with Gasteiger partial charge in [0.05, 0.1) is 0 Å². The molecular formula is C7H12N4O2. The van der Waals surface area contributed by atoms with Gasteiger partial charge in [-0.3, -0.25) is 10.2 Å². The lowest BCUT2D eigenvalue weighted by atomic mass is 9.96. The molecule has 0 spiro atoms. The summed E-state index contributed by atoms with van der Waals surface area (Å²) in [5, 5.41) is 5.64. The van der Waals surface area contributed by atoms with Crippen molar-refractivity contribution in [2.45, 2.75) is 20.8 Å². The summed E-state index contributed by atoms with van der Waals surface area (Å²) in [5.41, 5.74) is 1.41. The van der Waals surface area contributed by atoms with Crippen LogP contribution in [0.5, 0.6) is 0 Å². The molecule has 0 saturated heterocycles. The molecule has 1 amide bonds. The first-order chi connectivity index (χ1) is 5.91. The van der Waals surface area contributed by atoms with Gasteiger partial charge in [-0.15, -0.1) is 0 Å². The quantitative estimate of drug-likeness (QED) is 0.628. The fourth-order valence-electron chi connectivity index (χ4n) is 0.605. The predicted molar refractivity (Wildman–Crippen MR) is 46.7 cm³/mol. The van der Waals surface area contributed by atoms with Crippen LogP contribution in [0.15, 0.2) is 11.1 Å². The number of carbonyl (C=O) groups excluding carboxylic acids is 1. The molecule has 2 N–H and O–H groups in total. The van der Waals surface area contributed by atoms with E-state index in [1.165, 1.54) is 6.33 Å². The first-order valence-electron chi connectivity index (χ1n) is 3.85. The Kier molecular flexibility index (Phi) is 2.22. The largest absolute Gasteiger partial charge is 0.362 e. The van der Waals surface area contributed by atoms with Gasteiger partial charge in [0.15, 0.2) is 0 Å². The molecule has 0 bridgehead atoms. The number of hydrogen-bond donors (Lipinski definition) is 2. The van der Waals surface area contributed by atoms with Gasteiger partial charge < -0.3 is 0 Å². The monoisotopic (exact) mass is 184 g/mol. The summed E-state index contributed by atoms with van der Waals surface area (Å²) in [6, 6.07) is 0. The lowest BCUT2D eigenvalue weighted by Crippen LogP contribution is -2.37. The number of aromatic nitrogens is 3. The van der Waals surface area contributed by atoms with Crippen LogP contribution >= 0.6 is 0 Å². The van der Waals surface area contributed by atoms with E-state index in [9.17, 15) is 9.59 Å². The summed E-state index contributed by atoms with van der Waals surface area (Å²) >= 11 is 0. The number of hydrogen-bond acceptors (Lipinski definition) is 3. The minimum Gasteiger partial charge on any atom is -0.273 e. The number of amides is 1. The molecule has 13 heavy (non-hydrogen) atoms. The number of nitrogens with one attached hydrogen (secondary N) is 2. The van der Waals surface area contributed by atoms with E-state index in [1.807, 2.05) is 0 Å². The minimum atomic E-state index is -0.531. The Morgan fingerprint density at radius 2 is 2.23 bits per heavy atom. The molecule has 1 aromatic heterocycles. The van der Waals surface area contributed by atoms with Crippen molar-refractivity contribution < 1.29 is 4.79 Å². The summed E-state index contributed by atoms with van der Waals surface area (Å²) in [6.45, 7) is 5.27. The maximum atomic E-state index is 11.4. The van der Waals surface area contributed by atoms with Crippen LogP contribution in [-0.4, -0.2) is 20.8 Å². The Bertz CT molecular complexity index is 357. The molecule has 1 aromatic rings. The van der Waals surface area contributed by atoms with Crippen LogP contribution in [0.4, 0.5) is 0 Å². The van der Waals surface area contributed by atoms with Crippen LogP contribution < -0.4 is 11.1 Å². The fraction of sp³-hybridized carbons (Fsp3) is 0.571. The zero-order valence-corrected chi connectivity index (χ0v) is 7.79. The van der Waals surface area contributed by atoms with E-state index >= 15 is 0 Å². The molecule has 0 aromatic carbocycles. The first-order valence-corrected chi connectivity index (χ1v) is 3.85. The van der Waals surface area contributed by atoms with Gasteiger partial charge in [-0.05, 0) is 0 Å². The highest BCUT2D eigenvalue weighted by Crippen LogP contribution is 2.12. The number of aromatic amines is 1. The van der Waals surface area contributed by atoms with Crippen LogP contribution in [-0.2, 0) is 4.79 Å². The molecule has 0 unspecified atom stereocenters. The molecular weight excluding hydrogens is 172 g/mol. The molecule has 6 nitrogen and oxygen atoms in total. The molecule has 6 heteroatoms. The second-order valence-electron chi connectivity index (χ2n) is 3.72. The third-order valence-electron chi connectivity index (χ3n) is 1.46. The van der Waals surface area contributed by atoms with Crippen molar-refractivity contribution in [1.82, 2.24) is 14.9 Å². The first kappa shape index (κ1) is 9.50. The zero-order chi connectivity index (χ0) is 10.1. The topological polar surface area (TPSA) is 79.8 Å². The van der Waals surface area contributed by atoms with Crippen LogP contribution in [0.1, 0.15) is 20.8 Å². The highest BCUT2D eigenvalue weighted by atomic mass is 16.2. The standard InChI is InChI=1S/C7H12N4O2/c1-7(2,3)5(12)10-11-4-8-9-6(11)13/h4H,1-3H3,(H,9,13)(H,10,12). The Morgan fingerprint density at radius 3 is 2.62 bits per heavy atom. The van der Waals surface area contributed by atoms with Gasteiger partial charge in [0.2, 0.25) is 5.91 Å². The van der Waals surface area contributed by atoms with E-state index in [2.05, 4.69) is 15.6 Å². The molecule has 1 rings (SSSR count). The smallest absolute Gasteiger partial charge is 0.273 e. The Balaban J connectivity index is 2.77. The third kappa shape index (κ3) is 2.17. The van der Waals surface area contributed by atoms with Gasteiger partial charge in [0.1, 0.15) is 6.33 Å². The average Bonchev–Trinajstić information content (AvgIpc) is 2.34. The summed E-state index contributed by atoms with van der Waals surface area (Å²) in [6.07, 6.45) is 1.21. The van der Waals surface area contributed by atoms with Crippen molar-refractivity contribution in [3.63, 3.8) is 0 Å². The van der Waals surface area contributed by atoms with Crippen molar-refractivity contribution in [1.29, 1.82) is 0 Å². The van der Waals surface area contributed by atoms with Crippen LogP contribution in [0.25, 0.3) is 0 Å². The molecule has 0 saturated carbocycles. The molecule has 1 heterocycles. The highest BCUT2D eigenvalue weighted by Gasteiger charge is 2.21. The summed E-state index contributed by atoms with van der Waals surface area (Å²) in [5.74, 6) is -0.240. The Morgan fingerprint density at radius 1 is 1.62 bits per heavy atom. The number of nitrogens with zero attached hydrogens (tertiary/aromatic N) is 2. The van der Waals surface area contributed by atoms with Crippen LogP contribution in [0.2, 0.25) is 0 Å². The van der Waals surface area contributed by atoms with Gasteiger partial charge in [0, 0.05) is 5.41 Å². The number of carbonyl (C=O) groups is 1. The summed E-state index contributed by atoms with van der Waals surface area (Å²) in [7, 11) is 0. The predicted octanol–water partition coefficient (Wildman–Crippen LogP) is -0.312. The van der Waals surface area contributed by atoms with Crippen molar-refractivity contribution in [3.05, 3.63) is 16.8 Å². The van der Waals surface area contributed by atoms with Crippen molar-refractivity contribution in [2.75, 3.05) is 5.43 Å². The average molecular weight is 184 g/mol. The Labute approximate surface area is 74.9 Å². The molecule has 0 aliphatic heterocycles. The third-order valence-corrected chi connectivity index (χ3v) is 1.46. The highest BCUT2D eigenvalue weighted by molar-refractivity contribution is 5.88. The van der Waals surface area contributed by atoms with Crippen molar-refractivity contribution in [3.8, 4) is 0 Å².